The van der Waals surface area contributed by atoms with Gasteiger partial charge in [-0.3, -0.25) is 4.90 Å². The van der Waals surface area contributed by atoms with Gasteiger partial charge in [-0.1, -0.05) is 12.8 Å². The van der Waals surface area contributed by atoms with Crippen LogP contribution in [0.1, 0.15) is 45.4 Å². The molecule has 2 atom stereocenters. The molecule has 2 unspecified atom stereocenters. The number of methoxy groups -OCH3 is 1. The minimum absolute atomic E-state index is 0.0736. The van der Waals surface area contributed by atoms with Gasteiger partial charge in [0.25, 0.3) is 0 Å². The van der Waals surface area contributed by atoms with Crippen LogP contribution < -0.4 is 5.73 Å². The molecule has 1 aliphatic heterocycles. The number of likely N-dealkylation sites (tertiary alicyclic amines) is 1. The van der Waals surface area contributed by atoms with Crippen LogP contribution in [0.5, 0.6) is 0 Å². The molecule has 2 fully saturated rings. The van der Waals surface area contributed by atoms with E-state index in [0.717, 1.165) is 39.0 Å². The highest BCUT2D eigenvalue weighted by atomic mass is 16.5. The van der Waals surface area contributed by atoms with Gasteiger partial charge in [0, 0.05) is 33.4 Å². The highest BCUT2D eigenvalue weighted by Gasteiger charge is 2.45. The maximum absolute atomic E-state index is 6.18. The molecule has 0 radical (unpaired) electrons. The topological polar surface area (TPSA) is 47.7 Å². The Morgan fingerprint density at radius 2 is 1.95 bits per heavy atom. The fourth-order valence-corrected chi connectivity index (χ4v) is 3.96. The molecule has 112 valence electrons. The number of piperidine rings is 1. The Morgan fingerprint density at radius 3 is 2.53 bits per heavy atom. The van der Waals surface area contributed by atoms with Gasteiger partial charge >= 0.3 is 0 Å². The van der Waals surface area contributed by atoms with Gasteiger partial charge in [-0.2, -0.15) is 0 Å². The first kappa shape index (κ1) is 15.2. The third-order valence-electron chi connectivity index (χ3n) is 5.04. The molecule has 1 heterocycles. The number of nitrogens with zero attached hydrogens (tertiary/aromatic N) is 1. The number of ether oxygens (including phenoxy) is 2. The van der Waals surface area contributed by atoms with Gasteiger partial charge in [0.2, 0.25) is 0 Å². The molecule has 1 aliphatic carbocycles. The molecule has 0 aromatic carbocycles. The van der Waals surface area contributed by atoms with Crippen LogP contribution in [0.25, 0.3) is 0 Å². The summed E-state index contributed by atoms with van der Waals surface area (Å²) in [5.41, 5.74) is 6.25. The summed E-state index contributed by atoms with van der Waals surface area (Å²) >= 11 is 0. The first-order chi connectivity index (χ1) is 9.26. The zero-order chi connectivity index (χ0) is 13.7. The van der Waals surface area contributed by atoms with Gasteiger partial charge in [-0.25, -0.2) is 0 Å². The predicted molar refractivity (Wildman–Crippen MR) is 77.3 cm³/mol. The SMILES string of the molecule is CCOC1CCN(C2(CN)CCCCC2OC)CC1. The number of nitrogens with two attached hydrogens (primary N) is 1. The molecule has 0 aromatic rings. The lowest BCUT2D eigenvalue weighted by Gasteiger charge is -2.52. The summed E-state index contributed by atoms with van der Waals surface area (Å²) in [6.45, 7) is 5.82. The minimum Gasteiger partial charge on any atom is -0.379 e. The molecule has 0 amide bonds. The monoisotopic (exact) mass is 270 g/mol. The molecule has 0 bridgehead atoms. The first-order valence-electron chi connectivity index (χ1n) is 7.86. The molecule has 0 spiro atoms. The van der Waals surface area contributed by atoms with Crippen molar-refractivity contribution in [3.8, 4) is 0 Å². The largest absolute Gasteiger partial charge is 0.379 e. The van der Waals surface area contributed by atoms with Crippen molar-refractivity contribution in [1.29, 1.82) is 0 Å². The summed E-state index contributed by atoms with van der Waals surface area (Å²) in [4.78, 5) is 2.59. The summed E-state index contributed by atoms with van der Waals surface area (Å²) in [5.74, 6) is 0. The Morgan fingerprint density at radius 1 is 1.21 bits per heavy atom. The van der Waals surface area contributed by atoms with Crippen molar-refractivity contribution in [3.63, 3.8) is 0 Å². The van der Waals surface area contributed by atoms with Crippen molar-refractivity contribution < 1.29 is 9.47 Å². The van der Waals surface area contributed by atoms with Gasteiger partial charge < -0.3 is 15.2 Å². The lowest BCUT2D eigenvalue weighted by atomic mass is 9.76. The van der Waals surface area contributed by atoms with E-state index in [4.69, 9.17) is 15.2 Å². The van der Waals surface area contributed by atoms with E-state index in [1.807, 2.05) is 7.11 Å². The average Bonchev–Trinajstić information content (AvgIpc) is 2.48. The third-order valence-corrected chi connectivity index (χ3v) is 5.04. The lowest BCUT2D eigenvalue weighted by molar-refractivity contribution is -0.0972. The van der Waals surface area contributed by atoms with Gasteiger partial charge in [0.15, 0.2) is 0 Å². The quantitative estimate of drug-likeness (QED) is 0.827. The van der Waals surface area contributed by atoms with Crippen LogP contribution in [-0.2, 0) is 9.47 Å². The zero-order valence-corrected chi connectivity index (χ0v) is 12.6. The molecule has 1 saturated carbocycles. The van der Waals surface area contributed by atoms with Crippen molar-refractivity contribution in [2.45, 2.75) is 63.2 Å². The fraction of sp³-hybridized carbons (Fsp3) is 1.00. The van der Waals surface area contributed by atoms with Crippen LogP contribution >= 0.6 is 0 Å². The van der Waals surface area contributed by atoms with E-state index in [2.05, 4.69) is 11.8 Å². The van der Waals surface area contributed by atoms with Gasteiger partial charge in [-0.15, -0.1) is 0 Å². The summed E-state index contributed by atoms with van der Waals surface area (Å²) < 4.78 is 11.5. The van der Waals surface area contributed by atoms with Crippen LogP contribution in [0, 0.1) is 0 Å². The molecular formula is C15H30N2O2. The Labute approximate surface area is 117 Å². The average molecular weight is 270 g/mol. The maximum Gasteiger partial charge on any atom is 0.0767 e. The van der Waals surface area contributed by atoms with Crippen LogP contribution in [-0.4, -0.2) is 56.0 Å². The molecule has 1 saturated heterocycles. The Bertz CT molecular complexity index is 267. The predicted octanol–water partition coefficient (Wildman–Crippen LogP) is 1.77. The maximum atomic E-state index is 6.18. The second kappa shape index (κ2) is 7.02. The van der Waals surface area contributed by atoms with E-state index in [9.17, 15) is 0 Å². The van der Waals surface area contributed by atoms with E-state index in [0.29, 0.717) is 18.8 Å². The van der Waals surface area contributed by atoms with E-state index < -0.39 is 0 Å². The Kier molecular flexibility index (Phi) is 5.63. The zero-order valence-electron chi connectivity index (χ0n) is 12.6. The molecular weight excluding hydrogens is 240 g/mol. The van der Waals surface area contributed by atoms with Crippen LogP contribution in [0.3, 0.4) is 0 Å². The molecule has 2 rings (SSSR count). The molecule has 2 aliphatic rings. The third kappa shape index (κ3) is 3.13. The summed E-state index contributed by atoms with van der Waals surface area (Å²) in [7, 11) is 1.84. The molecule has 4 heteroatoms. The second-order valence-corrected chi connectivity index (χ2v) is 5.92. The molecule has 0 aromatic heterocycles. The highest BCUT2D eigenvalue weighted by molar-refractivity contribution is 5.02. The van der Waals surface area contributed by atoms with Gasteiger partial charge in [0.05, 0.1) is 17.7 Å². The number of hydrogen-bond acceptors (Lipinski definition) is 4. The fourth-order valence-electron chi connectivity index (χ4n) is 3.96. The standard InChI is InChI=1S/C15H30N2O2/c1-3-19-13-7-10-17(11-8-13)15(12-16)9-5-4-6-14(15)18-2/h13-14H,3-12,16H2,1-2H3. The number of rotatable bonds is 5. The number of hydrogen-bond donors (Lipinski definition) is 1. The van der Waals surface area contributed by atoms with E-state index in [1.165, 1.54) is 19.3 Å². The van der Waals surface area contributed by atoms with Crippen molar-refractivity contribution >= 4 is 0 Å². The van der Waals surface area contributed by atoms with E-state index >= 15 is 0 Å². The van der Waals surface area contributed by atoms with E-state index in [1.54, 1.807) is 0 Å². The van der Waals surface area contributed by atoms with Crippen molar-refractivity contribution in [2.24, 2.45) is 5.73 Å². The van der Waals surface area contributed by atoms with E-state index in [-0.39, 0.29) is 5.54 Å². The van der Waals surface area contributed by atoms with Crippen molar-refractivity contribution in [1.82, 2.24) is 4.90 Å². The smallest absolute Gasteiger partial charge is 0.0767 e. The van der Waals surface area contributed by atoms with Crippen molar-refractivity contribution in [3.05, 3.63) is 0 Å². The van der Waals surface area contributed by atoms with Gasteiger partial charge in [0.1, 0.15) is 0 Å². The summed E-state index contributed by atoms with van der Waals surface area (Å²) in [6.07, 6.45) is 7.90. The van der Waals surface area contributed by atoms with Gasteiger partial charge in [-0.05, 0) is 32.6 Å². The summed E-state index contributed by atoms with van der Waals surface area (Å²) in [5, 5.41) is 0. The van der Waals surface area contributed by atoms with Crippen LogP contribution in [0.2, 0.25) is 0 Å². The molecule has 4 nitrogen and oxygen atoms in total. The van der Waals surface area contributed by atoms with Crippen molar-refractivity contribution in [2.75, 3.05) is 33.4 Å². The highest BCUT2D eigenvalue weighted by Crippen LogP contribution is 2.36. The Balaban J connectivity index is 2.01. The van der Waals surface area contributed by atoms with Crippen LogP contribution in [0.4, 0.5) is 0 Å². The first-order valence-corrected chi connectivity index (χ1v) is 7.86. The summed E-state index contributed by atoms with van der Waals surface area (Å²) in [6, 6.07) is 0. The Hall–Kier alpha value is -0.160. The molecule has 2 N–H and O–H groups in total. The van der Waals surface area contributed by atoms with Crippen LogP contribution in [0.15, 0.2) is 0 Å². The normalized spacial score (nSPS) is 34.6. The lowest BCUT2D eigenvalue weighted by Crippen LogP contribution is -2.64. The molecule has 19 heavy (non-hydrogen) atoms. The minimum atomic E-state index is 0.0736. The second-order valence-electron chi connectivity index (χ2n) is 5.92.